The van der Waals surface area contributed by atoms with Gasteiger partial charge in [0, 0.05) is 23.5 Å². The van der Waals surface area contributed by atoms with Crippen molar-refractivity contribution in [1.82, 2.24) is 14.8 Å². The molecule has 4 rings (SSSR count). The zero-order chi connectivity index (χ0) is 21.5. The van der Waals surface area contributed by atoms with Crippen LogP contribution in [0.3, 0.4) is 0 Å². The van der Waals surface area contributed by atoms with Crippen LogP contribution in [-0.4, -0.2) is 23.2 Å². The van der Waals surface area contributed by atoms with E-state index in [9.17, 15) is 17.2 Å². The normalized spacial score (nSPS) is 14.3. The third kappa shape index (κ3) is 3.98. The third-order valence-electron chi connectivity index (χ3n) is 5.09. The van der Waals surface area contributed by atoms with Gasteiger partial charge in [-0.2, -0.15) is 0 Å². The molecule has 0 spiro atoms. The molecule has 2 aromatic carbocycles. The lowest BCUT2D eigenvalue weighted by atomic mass is 10.1. The van der Waals surface area contributed by atoms with Crippen molar-refractivity contribution in [2.45, 2.75) is 44.0 Å². The molecule has 0 bridgehead atoms. The summed E-state index contributed by atoms with van der Waals surface area (Å²) in [5.41, 5.74) is 0.147. The summed E-state index contributed by atoms with van der Waals surface area (Å²) in [5.74, 6) is -0.821. The fourth-order valence-corrected chi connectivity index (χ4v) is 5.39. The van der Waals surface area contributed by atoms with Crippen LogP contribution in [0.15, 0.2) is 39.7 Å². The molecule has 0 amide bonds. The zero-order valence-corrected chi connectivity index (χ0v) is 18.5. The maximum Gasteiger partial charge on any atom is 0.262 e. The van der Waals surface area contributed by atoms with Crippen molar-refractivity contribution in [2.75, 3.05) is 4.72 Å². The summed E-state index contributed by atoms with van der Waals surface area (Å²) in [5, 5.41) is 8.23. The SMILES string of the molecule is Cc1ccc(Br)cc1S(=O)(=O)Nc1cc(-c2nnc3n2CCCCC3)c(F)cc1F. The van der Waals surface area contributed by atoms with Crippen molar-refractivity contribution < 1.29 is 17.2 Å². The number of anilines is 1. The smallest absolute Gasteiger partial charge is 0.262 e. The minimum atomic E-state index is -4.10. The molecule has 0 radical (unpaired) electrons. The predicted molar refractivity (Wildman–Crippen MR) is 113 cm³/mol. The van der Waals surface area contributed by atoms with Crippen molar-refractivity contribution in [1.29, 1.82) is 0 Å². The number of hydrogen-bond acceptors (Lipinski definition) is 4. The first-order valence-corrected chi connectivity index (χ1v) is 11.7. The molecule has 1 aromatic heterocycles. The van der Waals surface area contributed by atoms with Crippen molar-refractivity contribution in [3.05, 3.63) is 57.8 Å². The topological polar surface area (TPSA) is 76.9 Å². The number of sulfonamides is 1. The molecule has 30 heavy (non-hydrogen) atoms. The van der Waals surface area contributed by atoms with Crippen molar-refractivity contribution >= 4 is 31.6 Å². The Bertz CT molecular complexity index is 1230. The quantitative estimate of drug-likeness (QED) is 0.561. The molecule has 6 nitrogen and oxygen atoms in total. The number of benzene rings is 2. The molecule has 1 aliphatic heterocycles. The number of aromatic nitrogens is 3. The lowest BCUT2D eigenvalue weighted by Gasteiger charge is -2.14. The van der Waals surface area contributed by atoms with Gasteiger partial charge < -0.3 is 4.57 Å². The van der Waals surface area contributed by atoms with Gasteiger partial charge in [-0.3, -0.25) is 4.72 Å². The van der Waals surface area contributed by atoms with Gasteiger partial charge in [-0.25, -0.2) is 17.2 Å². The second kappa shape index (κ2) is 8.07. The highest BCUT2D eigenvalue weighted by Crippen LogP contribution is 2.31. The van der Waals surface area contributed by atoms with Gasteiger partial charge in [-0.15, -0.1) is 10.2 Å². The van der Waals surface area contributed by atoms with E-state index in [0.29, 0.717) is 22.6 Å². The summed E-state index contributed by atoms with van der Waals surface area (Å²) < 4.78 is 59.5. The fraction of sp³-hybridized carbons (Fsp3) is 0.300. The van der Waals surface area contributed by atoms with Crippen LogP contribution < -0.4 is 4.72 Å². The number of hydrogen-bond donors (Lipinski definition) is 1. The Morgan fingerprint density at radius 1 is 1.07 bits per heavy atom. The molecule has 1 aliphatic rings. The average Bonchev–Trinajstić information content (AvgIpc) is 2.93. The number of halogens is 3. The highest BCUT2D eigenvalue weighted by molar-refractivity contribution is 9.10. The number of nitrogens with one attached hydrogen (secondary N) is 1. The zero-order valence-electron chi connectivity index (χ0n) is 16.1. The number of aryl methyl sites for hydroxylation is 2. The molecule has 1 N–H and O–H groups in total. The van der Waals surface area contributed by atoms with Crippen LogP contribution in [0.1, 0.15) is 30.7 Å². The Labute approximate surface area is 181 Å². The molecule has 0 saturated carbocycles. The summed E-state index contributed by atoms with van der Waals surface area (Å²) in [4.78, 5) is -0.00139. The summed E-state index contributed by atoms with van der Waals surface area (Å²) in [6, 6.07) is 6.58. The second-order valence-electron chi connectivity index (χ2n) is 7.23. The van der Waals surface area contributed by atoms with Crippen molar-refractivity contribution in [2.24, 2.45) is 0 Å². The van der Waals surface area contributed by atoms with E-state index in [1.807, 2.05) is 4.57 Å². The van der Waals surface area contributed by atoms with Gasteiger partial charge in [-0.05, 0) is 43.5 Å². The molecule has 158 valence electrons. The fourth-order valence-electron chi connectivity index (χ4n) is 3.55. The summed E-state index contributed by atoms with van der Waals surface area (Å²) in [7, 11) is -4.10. The largest absolute Gasteiger partial charge is 0.311 e. The van der Waals surface area contributed by atoms with Gasteiger partial charge >= 0.3 is 0 Å². The third-order valence-corrected chi connectivity index (χ3v) is 7.09. The first-order valence-electron chi connectivity index (χ1n) is 9.47. The van der Waals surface area contributed by atoms with E-state index in [1.165, 1.54) is 6.07 Å². The van der Waals surface area contributed by atoms with Crippen LogP contribution in [0.2, 0.25) is 0 Å². The summed E-state index contributed by atoms with van der Waals surface area (Å²) in [6.45, 7) is 2.27. The number of fused-ring (bicyclic) bond motifs is 1. The van der Waals surface area contributed by atoms with Crippen LogP contribution in [0.5, 0.6) is 0 Å². The maximum atomic E-state index is 14.6. The Morgan fingerprint density at radius 3 is 2.67 bits per heavy atom. The molecule has 0 unspecified atom stereocenters. The molecule has 0 fully saturated rings. The van der Waals surface area contributed by atoms with E-state index < -0.39 is 21.7 Å². The molecule has 0 saturated heterocycles. The van der Waals surface area contributed by atoms with Crippen LogP contribution in [0.25, 0.3) is 11.4 Å². The molecule has 0 atom stereocenters. The first kappa shape index (κ1) is 20.9. The minimum Gasteiger partial charge on any atom is -0.311 e. The Hall–Kier alpha value is -2.33. The van der Waals surface area contributed by atoms with Gasteiger partial charge in [0.1, 0.15) is 17.5 Å². The minimum absolute atomic E-state index is 0.000661. The Morgan fingerprint density at radius 2 is 1.87 bits per heavy atom. The molecule has 10 heteroatoms. The van der Waals surface area contributed by atoms with Crippen LogP contribution in [0, 0.1) is 18.6 Å². The van der Waals surface area contributed by atoms with E-state index in [4.69, 9.17) is 0 Å². The van der Waals surface area contributed by atoms with Gasteiger partial charge in [-0.1, -0.05) is 28.4 Å². The summed E-state index contributed by atoms with van der Waals surface area (Å²) >= 11 is 3.24. The van der Waals surface area contributed by atoms with E-state index in [1.54, 1.807) is 19.1 Å². The number of nitrogens with zero attached hydrogens (tertiary/aromatic N) is 3. The lowest BCUT2D eigenvalue weighted by Crippen LogP contribution is -2.16. The standard InChI is InChI=1S/C20H19BrF2N4O2S/c1-12-6-7-13(21)9-18(12)30(28,29)26-17-10-14(15(22)11-16(17)23)20-25-24-19-5-3-2-4-8-27(19)20/h6-7,9-11,26H,2-5,8H2,1H3. The highest BCUT2D eigenvalue weighted by Gasteiger charge is 2.24. The second-order valence-corrected chi connectivity index (χ2v) is 9.80. The predicted octanol–water partition coefficient (Wildman–Crippen LogP) is 4.82. The van der Waals surface area contributed by atoms with Gasteiger partial charge in [0.2, 0.25) is 0 Å². The van der Waals surface area contributed by atoms with Crippen LogP contribution in [-0.2, 0) is 23.0 Å². The van der Waals surface area contributed by atoms with Crippen LogP contribution in [0.4, 0.5) is 14.5 Å². The van der Waals surface area contributed by atoms with E-state index in [2.05, 4.69) is 30.8 Å². The van der Waals surface area contributed by atoms with Gasteiger partial charge in [0.15, 0.2) is 5.82 Å². The number of rotatable bonds is 4. The van der Waals surface area contributed by atoms with Gasteiger partial charge in [0.25, 0.3) is 10.0 Å². The maximum absolute atomic E-state index is 14.6. The van der Waals surface area contributed by atoms with E-state index in [-0.39, 0.29) is 22.0 Å². The Balaban J connectivity index is 1.76. The van der Waals surface area contributed by atoms with Crippen molar-refractivity contribution in [3.63, 3.8) is 0 Å². The first-order chi connectivity index (χ1) is 14.3. The monoisotopic (exact) mass is 496 g/mol. The average molecular weight is 497 g/mol. The molecule has 3 aromatic rings. The lowest BCUT2D eigenvalue weighted by molar-refractivity contribution is 0.581. The molecular weight excluding hydrogens is 478 g/mol. The van der Waals surface area contributed by atoms with Crippen LogP contribution >= 0.6 is 15.9 Å². The molecule has 0 aliphatic carbocycles. The van der Waals surface area contributed by atoms with E-state index in [0.717, 1.165) is 37.6 Å². The molecule has 2 heterocycles. The highest BCUT2D eigenvalue weighted by atomic mass is 79.9. The molecular formula is C20H19BrF2N4O2S. The van der Waals surface area contributed by atoms with E-state index >= 15 is 0 Å². The van der Waals surface area contributed by atoms with Crippen molar-refractivity contribution in [3.8, 4) is 11.4 Å². The Kier molecular flexibility index (Phi) is 5.63. The summed E-state index contributed by atoms with van der Waals surface area (Å²) in [6.07, 6.45) is 3.65. The van der Waals surface area contributed by atoms with Gasteiger partial charge in [0.05, 0.1) is 16.1 Å².